The molecule has 1 amide bonds. The van der Waals surface area contributed by atoms with Gasteiger partial charge in [-0.25, -0.2) is 0 Å². The topological polar surface area (TPSA) is 38.3 Å². The van der Waals surface area contributed by atoms with E-state index in [-0.39, 0.29) is 5.91 Å². The summed E-state index contributed by atoms with van der Waals surface area (Å²) >= 11 is 8.01. The van der Waals surface area contributed by atoms with Gasteiger partial charge >= 0.3 is 0 Å². The van der Waals surface area contributed by atoms with E-state index in [0.717, 1.165) is 3.57 Å². The molecule has 98 valence electrons. The Bertz CT molecular complexity index is 616. The van der Waals surface area contributed by atoms with E-state index in [9.17, 15) is 4.79 Å². The molecule has 5 heteroatoms. The SMILES string of the molecule is COc1cccc(NC(=O)c2cc(Cl)ccc2I)c1. The lowest BCUT2D eigenvalue weighted by Crippen LogP contribution is -2.13. The highest BCUT2D eigenvalue weighted by Gasteiger charge is 2.11. The molecule has 0 saturated carbocycles. The first-order valence-electron chi connectivity index (χ1n) is 5.50. The zero-order valence-corrected chi connectivity index (χ0v) is 13.0. The van der Waals surface area contributed by atoms with Gasteiger partial charge in [0.25, 0.3) is 5.91 Å². The lowest BCUT2D eigenvalue weighted by Gasteiger charge is -2.08. The van der Waals surface area contributed by atoms with E-state index in [0.29, 0.717) is 22.0 Å². The van der Waals surface area contributed by atoms with Gasteiger partial charge in [-0.15, -0.1) is 0 Å². The van der Waals surface area contributed by atoms with Gasteiger partial charge in [0, 0.05) is 20.3 Å². The summed E-state index contributed by atoms with van der Waals surface area (Å²) in [6.45, 7) is 0. The van der Waals surface area contributed by atoms with Gasteiger partial charge in [0.1, 0.15) is 5.75 Å². The van der Waals surface area contributed by atoms with Crippen molar-refractivity contribution in [2.75, 3.05) is 12.4 Å². The fraction of sp³-hybridized carbons (Fsp3) is 0.0714. The maximum absolute atomic E-state index is 12.2. The number of methoxy groups -OCH3 is 1. The number of hydrogen-bond acceptors (Lipinski definition) is 2. The largest absolute Gasteiger partial charge is 0.497 e. The van der Waals surface area contributed by atoms with Gasteiger partial charge < -0.3 is 10.1 Å². The van der Waals surface area contributed by atoms with Gasteiger partial charge in [-0.1, -0.05) is 17.7 Å². The number of anilines is 1. The van der Waals surface area contributed by atoms with E-state index in [1.807, 2.05) is 18.2 Å². The minimum atomic E-state index is -0.194. The minimum absolute atomic E-state index is 0.194. The van der Waals surface area contributed by atoms with Gasteiger partial charge in [0.05, 0.1) is 12.7 Å². The van der Waals surface area contributed by atoms with E-state index in [4.69, 9.17) is 16.3 Å². The molecule has 0 aliphatic heterocycles. The van der Waals surface area contributed by atoms with Crippen molar-refractivity contribution in [1.29, 1.82) is 0 Å². The summed E-state index contributed by atoms with van der Waals surface area (Å²) in [4.78, 5) is 12.2. The van der Waals surface area contributed by atoms with Gasteiger partial charge in [-0.05, 0) is 52.9 Å². The van der Waals surface area contributed by atoms with E-state index in [2.05, 4.69) is 27.9 Å². The molecule has 2 aromatic carbocycles. The van der Waals surface area contributed by atoms with Crippen molar-refractivity contribution < 1.29 is 9.53 Å². The monoisotopic (exact) mass is 387 g/mol. The molecule has 0 fully saturated rings. The molecule has 0 radical (unpaired) electrons. The van der Waals surface area contributed by atoms with Crippen LogP contribution in [0.1, 0.15) is 10.4 Å². The number of ether oxygens (including phenoxy) is 1. The third-order valence-corrected chi connectivity index (χ3v) is 3.68. The Labute approximate surface area is 130 Å². The summed E-state index contributed by atoms with van der Waals surface area (Å²) in [5.74, 6) is 0.499. The maximum atomic E-state index is 12.2. The van der Waals surface area contributed by atoms with Crippen molar-refractivity contribution >= 4 is 45.8 Å². The Kier molecular flexibility index (Phi) is 4.66. The van der Waals surface area contributed by atoms with Crippen LogP contribution in [-0.2, 0) is 0 Å². The number of rotatable bonds is 3. The van der Waals surface area contributed by atoms with Crippen molar-refractivity contribution in [3.8, 4) is 5.75 Å². The quantitative estimate of drug-likeness (QED) is 0.802. The van der Waals surface area contributed by atoms with Gasteiger partial charge in [0.2, 0.25) is 0 Å². The van der Waals surface area contributed by atoms with E-state index in [1.165, 1.54) is 0 Å². The second-order valence-corrected chi connectivity index (χ2v) is 5.41. The zero-order chi connectivity index (χ0) is 13.8. The average molecular weight is 388 g/mol. The Morgan fingerprint density at radius 3 is 2.79 bits per heavy atom. The molecule has 0 unspecified atom stereocenters. The molecule has 0 aromatic heterocycles. The summed E-state index contributed by atoms with van der Waals surface area (Å²) in [5, 5.41) is 3.36. The van der Waals surface area contributed by atoms with Gasteiger partial charge in [-0.2, -0.15) is 0 Å². The predicted octanol–water partition coefficient (Wildman–Crippen LogP) is 4.21. The minimum Gasteiger partial charge on any atom is -0.497 e. The highest BCUT2D eigenvalue weighted by atomic mass is 127. The molecule has 1 N–H and O–H groups in total. The van der Waals surface area contributed by atoms with Gasteiger partial charge in [0.15, 0.2) is 0 Å². The highest BCUT2D eigenvalue weighted by molar-refractivity contribution is 14.1. The van der Waals surface area contributed by atoms with Crippen molar-refractivity contribution in [1.82, 2.24) is 0 Å². The number of carbonyl (C=O) groups excluding carboxylic acids is 1. The number of hydrogen-bond donors (Lipinski definition) is 1. The third kappa shape index (κ3) is 3.61. The second kappa shape index (κ2) is 6.25. The van der Waals surface area contributed by atoms with Crippen LogP contribution in [0.3, 0.4) is 0 Å². The van der Waals surface area contributed by atoms with Crippen LogP contribution < -0.4 is 10.1 Å². The summed E-state index contributed by atoms with van der Waals surface area (Å²) in [5.41, 5.74) is 1.23. The third-order valence-electron chi connectivity index (χ3n) is 2.50. The molecular weight excluding hydrogens is 377 g/mol. The molecule has 3 nitrogen and oxygen atoms in total. The first-order valence-corrected chi connectivity index (χ1v) is 6.96. The van der Waals surface area contributed by atoms with E-state index < -0.39 is 0 Å². The molecule has 19 heavy (non-hydrogen) atoms. The Morgan fingerprint density at radius 1 is 1.26 bits per heavy atom. The summed E-state index contributed by atoms with van der Waals surface area (Å²) in [6, 6.07) is 12.4. The summed E-state index contributed by atoms with van der Waals surface area (Å²) < 4.78 is 5.96. The predicted molar refractivity (Wildman–Crippen MR) is 85.1 cm³/mol. The van der Waals surface area contributed by atoms with E-state index >= 15 is 0 Å². The second-order valence-electron chi connectivity index (χ2n) is 3.81. The van der Waals surface area contributed by atoms with E-state index in [1.54, 1.807) is 31.4 Å². The standard InChI is InChI=1S/C14H11ClINO2/c1-19-11-4-2-3-10(8-11)17-14(18)12-7-9(15)5-6-13(12)16/h2-8H,1H3,(H,17,18). The Balaban J connectivity index is 2.23. The lowest BCUT2D eigenvalue weighted by molar-refractivity contribution is 0.102. The molecule has 0 atom stereocenters. The lowest BCUT2D eigenvalue weighted by atomic mass is 10.2. The van der Waals surface area contributed by atoms with Crippen LogP contribution in [0.15, 0.2) is 42.5 Å². The van der Waals surface area contributed by atoms with Crippen LogP contribution in [0.25, 0.3) is 0 Å². The van der Waals surface area contributed by atoms with Crippen molar-refractivity contribution in [2.45, 2.75) is 0 Å². The Hall–Kier alpha value is -1.27. The normalized spacial score (nSPS) is 10.1. The number of benzene rings is 2. The number of nitrogens with one attached hydrogen (secondary N) is 1. The van der Waals surface area contributed by atoms with Crippen LogP contribution >= 0.6 is 34.2 Å². The number of amides is 1. The first kappa shape index (κ1) is 14.1. The first-order chi connectivity index (χ1) is 9.10. The molecule has 0 saturated heterocycles. The molecular formula is C14H11ClINO2. The zero-order valence-electron chi connectivity index (χ0n) is 10.1. The van der Waals surface area contributed by atoms with Crippen LogP contribution in [-0.4, -0.2) is 13.0 Å². The van der Waals surface area contributed by atoms with Crippen molar-refractivity contribution in [2.24, 2.45) is 0 Å². The highest BCUT2D eigenvalue weighted by Crippen LogP contribution is 2.21. The van der Waals surface area contributed by atoms with Crippen LogP contribution in [0.4, 0.5) is 5.69 Å². The van der Waals surface area contributed by atoms with Crippen LogP contribution in [0.5, 0.6) is 5.75 Å². The molecule has 2 rings (SSSR count). The molecule has 2 aromatic rings. The Morgan fingerprint density at radius 2 is 2.05 bits per heavy atom. The fourth-order valence-corrected chi connectivity index (χ4v) is 2.32. The summed E-state index contributed by atoms with van der Waals surface area (Å²) in [6.07, 6.45) is 0. The van der Waals surface area contributed by atoms with Crippen molar-refractivity contribution in [3.05, 3.63) is 56.6 Å². The average Bonchev–Trinajstić information content (AvgIpc) is 2.41. The number of carbonyl (C=O) groups is 1. The molecule has 0 heterocycles. The molecule has 0 bridgehead atoms. The molecule has 0 aliphatic rings. The number of halogens is 2. The summed E-state index contributed by atoms with van der Waals surface area (Å²) in [7, 11) is 1.58. The van der Waals surface area contributed by atoms with Crippen molar-refractivity contribution in [3.63, 3.8) is 0 Å². The maximum Gasteiger partial charge on any atom is 0.256 e. The van der Waals surface area contributed by atoms with Crippen LogP contribution in [0, 0.1) is 3.57 Å². The molecule has 0 spiro atoms. The fourth-order valence-electron chi connectivity index (χ4n) is 1.57. The smallest absolute Gasteiger partial charge is 0.256 e. The van der Waals surface area contributed by atoms with Gasteiger partial charge in [-0.3, -0.25) is 4.79 Å². The molecule has 0 aliphatic carbocycles. The van der Waals surface area contributed by atoms with Crippen LogP contribution in [0.2, 0.25) is 5.02 Å².